The first-order chi connectivity index (χ1) is 12.3. The third-order valence-electron chi connectivity index (χ3n) is 4.34. The largest absolute Gasteiger partial charge is 0.435 e. The van der Waals surface area contributed by atoms with Crippen molar-refractivity contribution in [2.45, 2.75) is 18.8 Å². The quantitative estimate of drug-likeness (QED) is 0.764. The van der Waals surface area contributed by atoms with Crippen molar-refractivity contribution in [3.05, 3.63) is 60.8 Å². The van der Waals surface area contributed by atoms with Crippen LogP contribution in [0.3, 0.4) is 0 Å². The molecule has 0 unspecified atom stereocenters. The van der Waals surface area contributed by atoms with Crippen LogP contribution in [0.25, 0.3) is 5.69 Å². The van der Waals surface area contributed by atoms with Gasteiger partial charge in [-0.2, -0.15) is 0 Å². The number of rotatable bonds is 4. The Labute approximate surface area is 145 Å². The van der Waals surface area contributed by atoms with Crippen molar-refractivity contribution in [1.29, 1.82) is 0 Å². The van der Waals surface area contributed by atoms with Gasteiger partial charge in [0.2, 0.25) is 5.76 Å². The van der Waals surface area contributed by atoms with Crippen LogP contribution in [0.2, 0.25) is 0 Å². The Bertz CT molecular complexity index is 850. The van der Waals surface area contributed by atoms with Crippen molar-refractivity contribution in [3.63, 3.8) is 0 Å². The third-order valence-corrected chi connectivity index (χ3v) is 4.34. The summed E-state index contributed by atoms with van der Waals surface area (Å²) in [7, 11) is 0. The molecule has 7 heteroatoms. The average Bonchev–Trinajstić information content (AvgIpc) is 3.35. The fraction of sp³-hybridized carbons (Fsp3) is 0.278. The lowest BCUT2D eigenvalue weighted by molar-refractivity contribution is 0.0994. The van der Waals surface area contributed by atoms with Crippen molar-refractivity contribution < 1.29 is 9.21 Å². The molecule has 2 N–H and O–H groups in total. The molecule has 0 atom stereocenters. The average molecular weight is 337 g/mol. The SMILES string of the molecule is O=C(Nc1cccc(-n2ccnc2)c1)c1cnc(C2CCNCC2)o1. The Morgan fingerprint density at radius 1 is 1.32 bits per heavy atom. The number of carbonyl (C=O) groups is 1. The topological polar surface area (TPSA) is 85.0 Å². The fourth-order valence-corrected chi connectivity index (χ4v) is 3.00. The second-order valence-electron chi connectivity index (χ2n) is 6.06. The van der Waals surface area contributed by atoms with Crippen LogP contribution < -0.4 is 10.6 Å². The van der Waals surface area contributed by atoms with Gasteiger partial charge < -0.3 is 19.6 Å². The number of nitrogens with one attached hydrogen (secondary N) is 2. The Balaban J connectivity index is 1.47. The van der Waals surface area contributed by atoms with E-state index in [4.69, 9.17) is 4.42 Å². The summed E-state index contributed by atoms with van der Waals surface area (Å²) in [6.45, 7) is 1.91. The van der Waals surface area contributed by atoms with Gasteiger partial charge in [0.15, 0.2) is 5.89 Å². The molecule has 0 radical (unpaired) electrons. The van der Waals surface area contributed by atoms with Crippen molar-refractivity contribution in [3.8, 4) is 5.69 Å². The minimum Gasteiger partial charge on any atom is -0.435 e. The molecule has 4 rings (SSSR count). The summed E-state index contributed by atoms with van der Waals surface area (Å²) in [5.74, 6) is 0.878. The lowest BCUT2D eigenvalue weighted by Gasteiger charge is -2.19. The molecule has 1 aromatic carbocycles. The summed E-state index contributed by atoms with van der Waals surface area (Å²) in [6.07, 6.45) is 8.74. The van der Waals surface area contributed by atoms with Crippen molar-refractivity contribution in [2.75, 3.05) is 18.4 Å². The molecule has 1 fully saturated rings. The Morgan fingerprint density at radius 3 is 3.00 bits per heavy atom. The molecule has 1 saturated heterocycles. The molecule has 0 saturated carbocycles. The minimum absolute atomic E-state index is 0.238. The minimum atomic E-state index is -0.296. The van der Waals surface area contributed by atoms with Crippen LogP contribution >= 0.6 is 0 Å². The van der Waals surface area contributed by atoms with Crippen LogP contribution in [0, 0.1) is 0 Å². The molecule has 3 aromatic rings. The predicted molar refractivity (Wildman–Crippen MR) is 92.9 cm³/mol. The summed E-state index contributed by atoms with van der Waals surface area (Å²) in [4.78, 5) is 20.8. The van der Waals surface area contributed by atoms with Crippen LogP contribution in [0.15, 0.2) is 53.6 Å². The Kier molecular flexibility index (Phi) is 4.30. The van der Waals surface area contributed by atoms with Gasteiger partial charge in [-0.05, 0) is 44.1 Å². The van der Waals surface area contributed by atoms with Gasteiger partial charge in [-0.3, -0.25) is 4.79 Å². The molecule has 7 nitrogen and oxygen atoms in total. The highest BCUT2D eigenvalue weighted by molar-refractivity contribution is 6.02. The number of piperidine rings is 1. The Hall–Kier alpha value is -2.93. The second-order valence-corrected chi connectivity index (χ2v) is 6.06. The van der Waals surface area contributed by atoms with Crippen LogP contribution in [0.5, 0.6) is 0 Å². The highest BCUT2D eigenvalue weighted by atomic mass is 16.4. The number of imidazole rings is 1. The number of hydrogen-bond donors (Lipinski definition) is 2. The van der Waals surface area contributed by atoms with Crippen LogP contribution in [0.1, 0.15) is 35.2 Å². The normalized spacial score (nSPS) is 15.2. The first kappa shape index (κ1) is 15.6. The van der Waals surface area contributed by atoms with E-state index in [0.29, 0.717) is 11.6 Å². The number of anilines is 1. The summed E-state index contributed by atoms with van der Waals surface area (Å²) >= 11 is 0. The van der Waals surface area contributed by atoms with E-state index in [0.717, 1.165) is 31.6 Å². The van der Waals surface area contributed by atoms with E-state index in [-0.39, 0.29) is 17.6 Å². The summed E-state index contributed by atoms with van der Waals surface area (Å²) in [5, 5.41) is 6.17. The standard InChI is InChI=1S/C18H19N5O2/c24-17(16-11-21-18(25-16)13-4-6-19-7-5-13)22-14-2-1-3-15(10-14)23-9-8-20-12-23/h1-3,8-13,19H,4-7H2,(H,22,24). The van der Waals surface area contributed by atoms with E-state index >= 15 is 0 Å². The maximum Gasteiger partial charge on any atom is 0.293 e. The van der Waals surface area contributed by atoms with E-state index in [9.17, 15) is 4.79 Å². The first-order valence-electron chi connectivity index (χ1n) is 8.36. The predicted octanol–water partition coefficient (Wildman–Crippen LogP) is 2.58. The smallest absolute Gasteiger partial charge is 0.293 e. The number of hydrogen-bond acceptors (Lipinski definition) is 5. The number of carbonyl (C=O) groups excluding carboxylic acids is 1. The summed E-state index contributed by atoms with van der Waals surface area (Å²) in [5.41, 5.74) is 1.61. The monoisotopic (exact) mass is 337 g/mol. The zero-order valence-corrected chi connectivity index (χ0v) is 13.7. The molecule has 128 valence electrons. The van der Waals surface area contributed by atoms with Gasteiger partial charge in [0, 0.05) is 29.7 Å². The molecular weight excluding hydrogens is 318 g/mol. The summed E-state index contributed by atoms with van der Waals surface area (Å²) < 4.78 is 7.57. The van der Waals surface area contributed by atoms with E-state index in [2.05, 4.69) is 20.6 Å². The fourth-order valence-electron chi connectivity index (χ4n) is 3.00. The van der Waals surface area contributed by atoms with Crippen LogP contribution in [-0.4, -0.2) is 33.5 Å². The first-order valence-corrected chi connectivity index (χ1v) is 8.36. The van der Waals surface area contributed by atoms with Gasteiger partial charge in [-0.1, -0.05) is 6.07 Å². The molecule has 1 amide bonds. The van der Waals surface area contributed by atoms with Gasteiger partial charge in [0.1, 0.15) is 0 Å². The lowest BCUT2D eigenvalue weighted by Crippen LogP contribution is -2.26. The van der Waals surface area contributed by atoms with Gasteiger partial charge in [0.25, 0.3) is 5.91 Å². The van der Waals surface area contributed by atoms with Gasteiger partial charge >= 0.3 is 0 Å². The number of oxazole rings is 1. The van der Waals surface area contributed by atoms with Crippen LogP contribution in [0.4, 0.5) is 5.69 Å². The van der Waals surface area contributed by atoms with Crippen molar-refractivity contribution in [1.82, 2.24) is 19.9 Å². The Morgan fingerprint density at radius 2 is 2.20 bits per heavy atom. The highest BCUT2D eigenvalue weighted by Gasteiger charge is 2.22. The molecular formula is C18H19N5O2. The van der Waals surface area contributed by atoms with Gasteiger partial charge in [-0.15, -0.1) is 0 Å². The zero-order valence-electron chi connectivity index (χ0n) is 13.7. The van der Waals surface area contributed by atoms with Crippen LogP contribution in [-0.2, 0) is 0 Å². The molecule has 0 aliphatic carbocycles. The third kappa shape index (κ3) is 3.46. The number of nitrogens with zero attached hydrogens (tertiary/aromatic N) is 3. The molecule has 25 heavy (non-hydrogen) atoms. The van der Waals surface area contributed by atoms with Crippen molar-refractivity contribution >= 4 is 11.6 Å². The summed E-state index contributed by atoms with van der Waals surface area (Å²) in [6, 6.07) is 7.54. The number of aromatic nitrogens is 3. The number of benzene rings is 1. The van der Waals surface area contributed by atoms with E-state index < -0.39 is 0 Å². The second kappa shape index (κ2) is 6.90. The maximum absolute atomic E-state index is 12.4. The van der Waals surface area contributed by atoms with Gasteiger partial charge in [0.05, 0.1) is 12.5 Å². The number of amides is 1. The molecule has 1 aliphatic rings. The van der Waals surface area contributed by atoms with E-state index in [1.165, 1.54) is 6.20 Å². The van der Waals surface area contributed by atoms with E-state index in [1.807, 2.05) is 35.0 Å². The molecule has 0 spiro atoms. The molecule has 3 heterocycles. The maximum atomic E-state index is 12.4. The van der Waals surface area contributed by atoms with E-state index in [1.54, 1.807) is 12.5 Å². The van der Waals surface area contributed by atoms with Crippen molar-refractivity contribution in [2.24, 2.45) is 0 Å². The molecule has 0 bridgehead atoms. The molecule has 2 aromatic heterocycles. The highest BCUT2D eigenvalue weighted by Crippen LogP contribution is 2.25. The molecule has 1 aliphatic heterocycles. The zero-order chi connectivity index (χ0) is 17.1. The van der Waals surface area contributed by atoms with Gasteiger partial charge in [-0.25, -0.2) is 9.97 Å². The lowest BCUT2D eigenvalue weighted by atomic mass is 9.98.